The Balaban J connectivity index is 3.15. The van der Waals surface area contributed by atoms with Crippen molar-refractivity contribution in [3.8, 4) is 5.75 Å². The Morgan fingerprint density at radius 3 is 2.40 bits per heavy atom. The molecule has 3 N–H and O–H groups in total. The van der Waals surface area contributed by atoms with Gasteiger partial charge in [-0.15, -0.1) is 0 Å². The highest BCUT2D eigenvalue weighted by molar-refractivity contribution is 5.69. The van der Waals surface area contributed by atoms with Crippen LogP contribution in [0.2, 0.25) is 0 Å². The minimum absolute atomic E-state index is 0.00323. The molecule has 20 heavy (non-hydrogen) atoms. The number of ether oxygens (including phenoxy) is 1. The Labute approximate surface area is 120 Å². The van der Waals surface area contributed by atoms with E-state index >= 15 is 0 Å². The summed E-state index contributed by atoms with van der Waals surface area (Å²) in [7, 11) is 0. The summed E-state index contributed by atoms with van der Waals surface area (Å²) in [5.41, 5.74) is 5.94. The van der Waals surface area contributed by atoms with Gasteiger partial charge in [-0.2, -0.15) is 0 Å². The Kier molecular flexibility index (Phi) is 4.81. The lowest BCUT2D eigenvalue weighted by molar-refractivity contribution is -0.139. The summed E-state index contributed by atoms with van der Waals surface area (Å²) in [4.78, 5) is 11.1. The third-order valence-corrected chi connectivity index (χ3v) is 3.27. The second kappa shape index (κ2) is 5.83. The molecule has 0 aliphatic rings. The van der Waals surface area contributed by atoms with Crippen LogP contribution in [0.4, 0.5) is 0 Å². The van der Waals surface area contributed by atoms with Crippen LogP contribution in [0.15, 0.2) is 24.3 Å². The van der Waals surface area contributed by atoms with Crippen LogP contribution in [-0.4, -0.2) is 16.7 Å². The van der Waals surface area contributed by atoms with Crippen molar-refractivity contribution < 1.29 is 14.6 Å². The van der Waals surface area contributed by atoms with Gasteiger partial charge in [-0.05, 0) is 44.4 Å². The molecule has 4 heteroatoms. The van der Waals surface area contributed by atoms with E-state index in [0.717, 1.165) is 5.56 Å². The fraction of sp³-hybridized carbons (Fsp3) is 0.562. The highest BCUT2D eigenvalue weighted by Gasteiger charge is 2.34. The molecule has 0 aliphatic carbocycles. The van der Waals surface area contributed by atoms with Gasteiger partial charge in [0.1, 0.15) is 11.4 Å². The average molecular weight is 279 g/mol. The largest absolute Gasteiger partial charge is 0.488 e. The van der Waals surface area contributed by atoms with Crippen LogP contribution in [0, 0.1) is 5.92 Å². The van der Waals surface area contributed by atoms with E-state index in [1.807, 2.05) is 58.9 Å². The first-order valence-electron chi connectivity index (χ1n) is 6.85. The predicted molar refractivity (Wildman–Crippen MR) is 79.8 cm³/mol. The van der Waals surface area contributed by atoms with Gasteiger partial charge >= 0.3 is 5.97 Å². The van der Waals surface area contributed by atoms with E-state index in [9.17, 15) is 4.79 Å². The SMILES string of the molecule is CC(C)C(N)(CC(=O)O)c1cccc(OC(C)(C)C)c1. The molecule has 1 rings (SSSR count). The van der Waals surface area contributed by atoms with Gasteiger partial charge in [0.25, 0.3) is 0 Å². The molecule has 0 aromatic heterocycles. The third kappa shape index (κ3) is 4.23. The van der Waals surface area contributed by atoms with Gasteiger partial charge in [-0.3, -0.25) is 4.79 Å². The van der Waals surface area contributed by atoms with E-state index < -0.39 is 11.5 Å². The number of aliphatic carboxylic acids is 1. The molecule has 0 radical (unpaired) electrons. The van der Waals surface area contributed by atoms with E-state index in [0.29, 0.717) is 5.75 Å². The fourth-order valence-corrected chi connectivity index (χ4v) is 2.09. The minimum atomic E-state index is -0.900. The van der Waals surface area contributed by atoms with E-state index in [1.54, 1.807) is 0 Å². The first-order chi connectivity index (χ1) is 9.04. The molecule has 1 aromatic rings. The standard InChI is InChI=1S/C16H25NO3/c1-11(2)16(17,10-14(18)19)12-7-6-8-13(9-12)20-15(3,4)5/h6-9,11H,10,17H2,1-5H3,(H,18,19). The lowest BCUT2D eigenvalue weighted by atomic mass is 9.78. The van der Waals surface area contributed by atoms with Crippen LogP contribution in [0.25, 0.3) is 0 Å². The highest BCUT2D eigenvalue weighted by Crippen LogP contribution is 2.33. The van der Waals surface area contributed by atoms with Gasteiger partial charge in [-0.1, -0.05) is 26.0 Å². The zero-order valence-electron chi connectivity index (χ0n) is 12.9. The van der Waals surface area contributed by atoms with E-state index in [4.69, 9.17) is 15.6 Å². The Morgan fingerprint density at radius 2 is 1.95 bits per heavy atom. The van der Waals surface area contributed by atoms with Gasteiger partial charge < -0.3 is 15.6 Å². The summed E-state index contributed by atoms with van der Waals surface area (Å²) in [5, 5.41) is 9.10. The molecule has 1 unspecified atom stereocenters. The summed E-state index contributed by atoms with van der Waals surface area (Å²) in [6.45, 7) is 9.76. The maximum atomic E-state index is 11.1. The summed E-state index contributed by atoms with van der Waals surface area (Å²) in [5.74, 6) is -0.192. The zero-order valence-corrected chi connectivity index (χ0v) is 12.9. The van der Waals surface area contributed by atoms with Crippen LogP contribution in [0.1, 0.15) is 46.6 Å². The second-order valence-corrected chi connectivity index (χ2v) is 6.51. The molecule has 1 aromatic carbocycles. The number of carbonyl (C=O) groups is 1. The van der Waals surface area contributed by atoms with Crippen LogP contribution in [-0.2, 0) is 10.3 Å². The maximum absolute atomic E-state index is 11.1. The zero-order chi connectivity index (χ0) is 15.6. The number of carboxylic acid groups (broad SMARTS) is 1. The summed E-state index contributed by atoms with van der Waals surface area (Å²) in [6.07, 6.45) is -0.108. The molecule has 0 saturated heterocycles. The molecule has 0 amide bonds. The molecule has 1 atom stereocenters. The number of nitrogens with two attached hydrogens (primary N) is 1. The number of hydrogen-bond donors (Lipinski definition) is 2. The Hall–Kier alpha value is -1.55. The van der Waals surface area contributed by atoms with Gasteiger partial charge in [0, 0.05) is 0 Å². The van der Waals surface area contributed by atoms with Gasteiger partial charge in [0.15, 0.2) is 0 Å². The number of carboxylic acids is 1. The predicted octanol–water partition coefficient (Wildman–Crippen LogP) is 3.15. The van der Waals surface area contributed by atoms with Crippen LogP contribution < -0.4 is 10.5 Å². The summed E-state index contributed by atoms with van der Waals surface area (Å²) in [6, 6.07) is 7.41. The molecule has 0 heterocycles. The topological polar surface area (TPSA) is 72.6 Å². The molecule has 0 fully saturated rings. The van der Waals surface area contributed by atoms with Crippen molar-refractivity contribution in [2.45, 2.75) is 52.2 Å². The van der Waals surface area contributed by atoms with E-state index in [2.05, 4.69) is 0 Å². The normalized spacial score (nSPS) is 14.9. The van der Waals surface area contributed by atoms with Crippen molar-refractivity contribution in [2.24, 2.45) is 11.7 Å². The summed E-state index contributed by atoms with van der Waals surface area (Å²) >= 11 is 0. The van der Waals surface area contributed by atoms with Gasteiger partial charge in [-0.25, -0.2) is 0 Å². The van der Waals surface area contributed by atoms with E-state index in [-0.39, 0.29) is 17.9 Å². The molecular weight excluding hydrogens is 254 g/mol. The van der Waals surface area contributed by atoms with Crippen molar-refractivity contribution in [1.82, 2.24) is 0 Å². The lowest BCUT2D eigenvalue weighted by Gasteiger charge is -2.33. The van der Waals surface area contributed by atoms with Crippen LogP contribution in [0.3, 0.4) is 0 Å². The quantitative estimate of drug-likeness (QED) is 0.868. The van der Waals surface area contributed by atoms with E-state index in [1.165, 1.54) is 0 Å². The average Bonchev–Trinajstić information content (AvgIpc) is 2.25. The number of hydrogen-bond acceptors (Lipinski definition) is 3. The first-order valence-corrected chi connectivity index (χ1v) is 6.85. The minimum Gasteiger partial charge on any atom is -0.488 e. The van der Waals surface area contributed by atoms with Crippen molar-refractivity contribution in [1.29, 1.82) is 0 Å². The first kappa shape index (κ1) is 16.5. The smallest absolute Gasteiger partial charge is 0.305 e. The van der Waals surface area contributed by atoms with Crippen molar-refractivity contribution >= 4 is 5.97 Å². The molecule has 0 spiro atoms. The molecular formula is C16H25NO3. The van der Waals surface area contributed by atoms with Crippen molar-refractivity contribution in [3.63, 3.8) is 0 Å². The maximum Gasteiger partial charge on any atom is 0.305 e. The monoisotopic (exact) mass is 279 g/mol. The molecule has 0 saturated carbocycles. The van der Waals surface area contributed by atoms with Crippen molar-refractivity contribution in [3.05, 3.63) is 29.8 Å². The van der Waals surface area contributed by atoms with Gasteiger partial charge in [0.05, 0.1) is 12.0 Å². The highest BCUT2D eigenvalue weighted by atomic mass is 16.5. The number of rotatable bonds is 5. The molecule has 0 aliphatic heterocycles. The molecule has 112 valence electrons. The fourth-order valence-electron chi connectivity index (χ4n) is 2.09. The molecule has 0 bridgehead atoms. The van der Waals surface area contributed by atoms with Crippen LogP contribution in [0.5, 0.6) is 5.75 Å². The number of benzene rings is 1. The lowest BCUT2D eigenvalue weighted by Crippen LogP contribution is -2.44. The van der Waals surface area contributed by atoms with Crippen LogP contribution >= 0.6 is 0 Å². The Bertz CT molecular complexity index is 477. The third-order valence-electron chi connectivity index (χ3n) is 3.27. The van der Waals surface area contributed by atoms with Crippen molar-refractivity contribution in [2.75, 3.05) is 0 Å². The Morgan fingerprint density at radius 1 is 1.35 bits per heavy atom. The van der Waals surface area contributed by atoms with Gasteiger partial charge in [0.2, 0.25) is 0 Å². The summed E-state index contributed by atoms with van der Waals surface area (Å²) < 4.78 is 5.82. The molecule has 4 nitrogen and oxygen atoms in total. The second-order valence-electron chi connectivity index (χ2n) is 6.51.